The molecule has 1 aliphatic rings. The molecule has 0 unspecified atom stereocenters. The molecule has 0 atom stereocenters. The van der Waals surface area contributed by atoms with Gasteiger partial charge >= 0.3 is 0 Å². The van der Waals surface area contributed by atoms with Gasteiger partial charge in [-0.15, -0.1) is 0 Å². The molecule has 0 aliphatic carbocycles. The fourth-order valence-corrected chi connectivity index (χ4v) is 2.53. The van der Waals surface area contributed by atoms with Gasteiger partial charge in [-0.05, 0) is 13.5 Å². The van der Waals surface area contributed by atoms with Crippen molar-refractivity contribution >= 4 is 23.2 Å². The van der Waals surface area contributed by atoms with Gasteiger partial charge in [0.05, 0.1) is 30.5 Å². The molecule has 1 amide bonds. The minimum Gasteiger partial charge on any atom is -0.490 e. The number of anilines is 1. The normalized spacial score (nSPS) is 13.6. The standard InChI is InChI=1S/C17H23ClN2O3/c1-4-20(10-12(2)3)11-17(21)19-14-9-16-15(8-13(14)18)22-6-5-7-23-16/h8-9H,2,4-7,10-11H2,1,3H3,(H,19,21). The van der Waals surface area contributed by atoms with Crippen LogP contribution in [0, 0.1) is 0 Å². The van der Waals surface area contributed by atoms with Gasteiger partial charge in [0.2, 0.25) is 5.91 Å². The van der Waals surface area contributed by atoms with Crippen LogP contribution in [0.25, 0.3) is 0 Å². The number of benzene rings is 1. The second kappa shape index (κ2) is 8.22. The summed E-state index contributed by atoms with van der Waals surface area (Å²) >= 11 is 6.24. The zero-order valence-corrected chi connectivity index (χ0v) is 14.4. The summed E-state index contributed by atoms with van der Waals surface area (Å²) in [6.07, 6.45) is 0.820. The van der Waals surface area contributed by atoms with Crippen molar-refractivity contribution < 1.29 is 14.3 Å². The van der Waals surface area contributed by atoms with Crippen molar-refractivity contribution in [3.63, 3.8) is 0 Å². The van der Waals surface area contributed by atoms with E-state index in [1.165, 1.54) is 0 Å². The maximum absolute atomic E-state index is 12.2. The van der Waals surface area contributed by atoms with E-state index in [0.717, 1.165) is 18.5 Å². The van der Waals surface area contributed by atoms with E-state index in [9.17, 15) is 4.79 Å². The molecule has 1 heterocycles. The lowest BCUT2D eigenvalue weighted by Crippen LogP contribution is -2.34. The topological polar surface area (TPSA) is 50.8 Å². The van der Waals surface area contributed by atoms with Crippen LogP contribution in [-0.4, -0.2) is 43.7 Å². The van der Waals surface area contributed by atoms with Crippen LogP contribution in [-0.2, 0) is 4.79 Å². The number of carbonyl (C=O) groups excluding carboxylic acids is 1. The summed E-state index contributed by atoms with van der Waals surface area (Å²) in [4.78, 5) is 14.2. The Hall–Kier alpha value is -1.72. The summed E-state index contributed by atoms with van der Waals surface area (Å²) in [6, 6.07) is 3.40. The lowest BCUT2D eigenvalue weighted by atomic mass is 10.2. The molecule has 0 spiro atoms. The first-order valence-corrected chi connectivity index (χ1v) is 8.13. The van der Waals surface area contributed by atoms with Crippen LogP contribution >= 0.6 is 11.6 Å². The van der Waals surface area contributed by atoms with Crippen LogP contribution in [0.15, 0.2) is 24.3 Å². The van der Waals surface area contributed by atoms with Gasteiger partial charge in [0, 0.05) is 25.1 Å². The van der Waals surface area contributed by atoms with Gasteiger partial charge in [0.25, 0.3) is 0 Å². The summed E-state index contributed by atoms with van der Waals surface area (Å²) < 4.78 is 11.2. The smallest absolute Gasteiger partial charge is 0.238 e. The summed E-state index contributed by atoms with van der Waals surface area (Å²) in [5.41, 5.74) is 1.56. The predicted octanol–water partition coefficient (Wildman–Crippen LogP) is 3.34. The number of carbonyl (C=O) groups is 1. The van der Waals surface area contributed by atoms with Crippen molar-refractivity contribution in [3.8, 4) is 11.5 Å². The average molecular weight is 339 g/mol. The lowest BCUT2D eigenvalue weighted by molar-refractivity contribution is -0.117. The summed E-state index contributed by atoms with van der Waals surface area (Å²) in [6.45, 7) is 10.8. The monoisotopic (exact) mass is 338 g/mol. The van der Waals surface area contributed by atoms with Crippen LogP contribution in [0.1, 0.15) is 20.3 Å². The van der Waals surface area contributed by atoms with Crippen molar-refractivity contribution in [3.05, 3.63) is 29.3 Å². The van der Waals surface area contributed by atoms with Crippen molar-refractivity contribution in [2.75, 3.05) is 38.2 Å². The number of nitrogens with zero attached hydrogens (tertiary/aromatic N) is 1. The Labute approximate surface area is 142 Å². The number of rotatable bonds is 6. The molecule has 0 fully saturated rings. The van der Waals surface area contributed by atoms with E-state index >= 15 is 0 Å². The molecule has 0 saturated heterocycles. The van der Waals surface area contributed by atoms with Gasteiger partial charge in [-0.3, -0.25) is 9.69 Å². The van der Waals surface area contributed by atoms with Crippen LogP contribution in [0.3, 0.4) is 0 Å². The predicted molar refractivity (Wildman–Crippen MR) is 92.6 cm³/mol. The largest absolute Gasteiger partial charge is 0.490 e. The molecule has 1 aliphatic heterocycles. The highest BCUT2D eigenvalue weighted by Crippen LogP contribution is 2.37. The van der Waals surface area contributed by atoms with Crippen molar-refractivity contribution in [2.45, 2.75) is 20.3 Å². The number of hydrogen-bond acceptors (Lipinski definition) is 4. The maximum atomic E-state index is 12.2. The first kappa shape index (κ1) is 17.6. The Morgan fingerprint density at radius 2 is 1.96 bits per heavy atom. The van der Waals surface area contributed by atoms with Gasteiger partial charge in [0.1, 0.15) is 0 Å². The van der Waals surface area contributed by atoms with Crippen molar-refractivity contribution in [1.29, 1.82) is 0 Å². The summed E-state index contributed by atoms with van der Waals surface area (Å²) in [5.74, 6) is 1.10. The van der Waals surface area contributed by atoms with Gasteiger partial charge < -0.3 is 14.8 Å². The maximum Gasteiger partial charge on any atom is 0.238 e. The Kier molecular flexibility index (Phi) is 6.30. The minimum atomic E-state index is -0.121. The molecule has 1 aromatic carbocycles. The first-order valence-electron chi connectivity index (χ1n) is 7.75. The van der Waals surface area contributed by atoms with Crippen molar-refractivity contribution in [2.24, 2.45) is 0 Å². The second-order valence-electron chi connectivity index (χ2n) is 5.64. The van der Waals surface area contributed by atoms with E-state index in [1.54, 1.807) is 12.1 Å². The molecule has 1 N–H and O–H groups in total. The van der Waals surface area contributed by atoms with E-state index in [4.69, 9.17) is 21.1 Å². The Bertz CT molecular complexity index is 589. The molecule has 5 nitrogen and oxygen atoms in total. The third-order valence-electron chi connectivity index (χ3n) is 3.42. The number of ether oxygens (including phenoxy) is 2. The molecular formula is C17H23ClN2O3. The third kappa shape index (κ3) is 5.15. The quantitative estimate of drug-likeness (QED) is 0.808. The Balaban J connectivity index is 2.05. The van der Waals surface area contributed by atoms with Crippen LogP contribution in [0.5, 0.6) is 11.5 Å². The second-order valence-corrected chi connectivity index (χ2v) is 6.05. The summed E-state index contributed by atoms with van der Waals surface area (Å²) in [5, 5.41) is 3.28. The van der Waals surface area contributed by atoms with Crippen molar-refractivity contribution in [1.82, 2.24) is 4.90 Å². The molecule has 0 aromatic heterocycles. The van der Waals surface area contributed by atoms with Gasteiger partial charge in [-0.25, -0.2) is 0 Å². The fraction of sp³-hybridized carbons (Fsp3) is 0.471. The van der Waals surface area contributed by atoms with E-state index in [1.807, 2.05) is 18.7 Å². The number of amides is 1. The Morgan fingerprint density at radius 3 is 2.57 bits per heavy atom. The zero-order valence-electron chi connectivity index (χ0n) is 13.7. The van der Waals surface area contributed by atoms with Crippen LogP contribution in [0.2, 0.25) is 5.02 Å². The molecule has 23 heavy (non-hydrogen) atoms. The molecule has 0 saturated carbocycles. The summed E-state index contributed by atoms with van der Waals surface area (Å²) in [7, 11) is 0. The lowest BCUT2D eigenvalue weighted by Gasteiger charge is -2.20. The molecule has 126 valence electrons. The van der Waals surface area contributed by atoms with Crippen LogP contribution in [0.4, 0.5) is 5.69 Å². The Morgan fingerprint density at radius 1 is 1.30 bits per heavy atom. The first-order chi connectivity index (χ1) is 11.0. The van der Waals surface area contributed by atoms with Gasteiger partial charge in [0.15, 0.2) is 11.5 Å². The molecule has 1 aromatic rings. The van der Waals surface area contributed by atoms with E-state index < -0.39 is 0 Å². The molecule has 0 bridgehead atoms. The third-order valence-corrected chi connectivity index (χ3v) is 3.73. The molecule has 2 rings (SSSR count). The highest BCUT2D eigenvalue weighted by molar-refractivity contribution is 6.34. The highest BCUT2D eigenvalue weighted by Gasteiger charge is 2.16. The van der Waals surface area contributed by atoms with E-state index in [0.29, 0.717) is 42.0 Å². The highest BCUT2D eigenvalue weighted by atomic mass is 35.5. The number of nitrogens with one attached hydrogen (secondary N) is 1. The number of likely N-dealkylation sites (N-methyl/N-ethyl adjacent to an activating group) is 1. The molecule has 0 radical (unpaired) electrons. The number of hydrogen-bond donors (Lipinski definition) is 1. The minimum absolute atomic E-state index is 0.121. The number of fused-ring (bicyclic) bond motifs is 1. The van der Waals surface area contributed by atoms with Crippen LogP contribution < -0.4 is 14.8 Å². The van der Waals surface area contributed by atoms with E-state index in [2.05, 4.69) is 11.9 Å². The van der Waals surface area contributed by atoms with E-state index in [-0.39, 0.29) is 12.5 Å². The number of halogens is 1. The zero-order chi connectivity index (χ0) is 16.8. The SMILES string of the molecule is C=C(C)CN(CC)CC(=O)Nc1cc2c(cc1Cl)OCCCO2. The fourth-order valence-electron chi connectivity index (χ4n) is 2.33. The van der Waals surface area contributed by atoms with Gasteiger partial charge in [-0.1, -0.05) is 30.7 Å². The average Bonchev–Trinajstić information content (AvgIpc) is 2.71. The van der Waals surface area contributed by atoms with Gasteiger partial charge in [-0.2, -0.15) is 0 Å². The molecule has 6 heteroatoms. The molecular weight excluding hydrogens is 316 g/mol.